The number of methoxy groups -OCH3 is 1. The Labute approximate surface area is 188 Å². The minimum atomic E-state index is -4.03. The van der Waals surface area contributed by atoms with Crippen molar-refractivity contribution in [1.82, 2.24) is 24.6 Å². The van der Waals surface area contributed by atoms with Crippen LogP contribution in [0.25, 0.3) is 11.2 Å². The van der Waals surface area contributed by atoms with Crippen molar-refractivity contribution in [2.45, 2.75) is 57.3 Å². The van der Waals surface area contributed by atoms with Gasteiger partial charge in [-0.3, -0.25) is 18.4 Å². The Morgan fingerprint density at radius 1 is 1.52 bits per heavy atom. The quantitative estimate of drug-likeness (QED) is 0.427. The summed E-state index contributed by atoms with van der Waals surface area (Å²) in [5.41, 5.74) is 4.14. The van der Waals surface area contributed by atoms with Gasteiger partial charge in [0, 0.05) is 0 Å². The first kappa shape index (κ1) is 23.8. The summed E-state index contributed by atoms with van der Waals surface area (Å²) in [6, 6.07) is -1.000. The minimum Gasteiger partial charge on any atom is -0.476 e. The standard InChI is InChI=1S/C18H26FN6O7P/c1-5-6-29-14-11-13(22-17(20)23-14)25(8-21-11)16-18(3,19)12-10(31-16)7-30-33(27,32-12)24-9(2)15(26)28-4/h8-10,12,16H,5-7H2,1-4H3,(H,24,27)(H2,20,22,23)/t9-,10+,12+,16+,18+,33-/m0/s1. The van der Waals surface area contributed by atoms with Crippen molar-refractivity contribution in [3.63, 3.8) is 0 Å². The van der Waals surface area contributed by atoms with Gasteiger partial charge in [0.2, 0.25) is 11.8 Å². The van der Waals surface area contributed by atoms with E-state index in [4.69, 9.17) is 24.3 Å². The van der Waals surface area contributed by atoms with E-state index in [1.54, 1.807) is 0 Å². The third kappa shape index (κ3) is 4.28. The van der Waals surface area contributed by atoms with Crippen LogP contribution in [0, 0.1) is 0 Å². The van der Waals surface area contributed by atoms with Crippen molar-refractivity contribution in [2.24, 2.45) is 0 Å². The fraction of sp³-hybridized carbons (Fsp3) is 0.667. The highest BCUT2D eigenvalue weighted by molar-refractivity contribution is 7.51. The second-order valence-electron chi connectivity index (χ2n) is 7.93. The third-order valence-electron chi connectivity index (χ3n) is 5.35. The van der Waals surface area contributed by atoms with E-state index in [9.17, 15) is 9.36 Å². The van der Waals surface area contributed by atoms with Crippen LogP contribution in [0.3, 0.4) is 0 Å². The molecule has 15 heteroatoms. The van der Waals surface area contributed by atoms with Crippen molar-refractivity contribution >= 4 is 30.8 Å². The van der Waals surface area contributed by atoms with E-state index in [0.29, 0.717) is 12.1 Å². The third-order valence-corrected chi connectivity index (χ3v) is 7.05. The van der Waals surface area contributed by atoms with Crippen molar-refractivity contribution < 1.29 is 37.0 Å². The van der Waals surface area contributed by atoms with E-state index in [2.05, 4.69) is 24.8 Å². The van der Waals surface area contributed by atoms with Gasteiger partial charge in [-0.1, -0.05) is 6.92 Å². The van der Waals surface area contributed by atoms with Crippen LogP contribution >= 0.6 is 7.75 Å². The molecule has 182 valence electrons. The molecule has 0 aliphatic carbocycles. The number of halogens is 1. The van der Waals surface area contributed by atoms with Crippen molar-refractivity contribution in [1.29, 1.82) is 0 Å². The molecule has 0 amide bonds. The minimum absolute atomic E-state index is 0.0728. The highest BCUT2D eigenvalue weighted by atomic mass is 31.2. The summed E-state index contributed by atoms with van der Waals surface area (Å²) in [6.07, 6.45) is -1.32. The second kappa shape index (κ2) is 8.76. The molecule has 2 fully saturated rings. The van der Waals surface area contributed by atoms with Crippen LogP contribution in [-0.2, 0) is 27.9 Å². The number of nitrogens with zero attached hydrogens (tertiary/aromatic N) is 4. The number of esters is 1. The van der Waals surface area contributed by atoms with E-state index in [1.165, 1.54) is 31.9 Å². The molecule has 0 radical (unpaired) electrons. The van der Waals surface area contributed by atoms with Crippen LogP contribution < -0.4 is 15.6 Å². The molecule has 33 heavy (non-hydrogen) atoms. The van der Waals surface area contributed by atoms with Crippen LogP contribution in [0.5, 0.6) is 5.88 Å². The number of hydrogen-bond donors (Lipinski definition) is 2. The summed E-state index contributed by atoms with van der Waals surface area (Å²) in [4.78, 5) is 24.2. The Kier molecular flexibility index (Phi) is 6.31. The van der Waals surface area contributed by atoms with Gasteiger partial charge in [0.05, 0.1) is 26.7 Å². The molecule has 3 N–H and O–H groups in total. The number of aromatic nitrogens is 4. The predicted octanol–water partition coefficient (Wildman–Crippen LogP) is 1.50. The number of carbonyl (C=O) groups is 1. The monoisotopic (exact) mass is 488 g/mol. The molecule has 0 aromatic carbocycles. The molecule has 4 rings (SSSR count). The zero-order chi connectivity index (χ0) is 24.0. The van der Waals surface area contributed by atoms with Gasteiger partial charge in [0.15, 0.2) is 23.1 Å². The van der Waals surface area contributed by atoms with Gasteiger partial charge in [-0.2, -0.15) is 9.97 Å². The number of fused-ring (bicyclic) bond motifs is 2. The Morgan fingerprint density at radius 3 is 2.97 bits per heavy atom. The first-order valence-electron chi connectivity index (χ1n) is 10.4. The zero-order valence-electron chi connectivity index (χ0n) is 18.6. The molecule has 0 bridgehead atoms. The maximum absolute atomic E-state index is 16.1. The summed E-state index contributed by atoms with van der Waals surface area (Å²) in [5, 5.41) is 2.45. The number of hydrogen-bond acceptors (Lipinski definition) is 11. The number of alkyl halides is 1. The number of carbonyl (C=O) groups excluding carboxylic acids is 1. The molecule has 0 unspecified atom stereocenters. The normalized spacial score (nSPS) is 32.5. The fourth-order valence-corrected chi connectivity index (χ4v) is 5.53. The first-order chi connectivity index (χ1) is 15.6. The van der Waals surface area contributed by atoms with Crippen LogP contribution in [-0.4, -0.2) is 69.7 Å². The lowest BCUT2D eigenvalue weighted by atomic mass is 9.98. The average molecular weight is 488 g/mol. The van der Waals surface area contributed by atoms with Gasteiger partial charge in [0.1, 0.15) is 18.2 Å². The van der Waals surface area contributed by atoms with Gasteiger partial charge >= 0.3 is 13.7 Å². The Balaban J connectivity index is 1.62. The smallest absolute Gasteiger partial charge is 0.406 e. The molecule has 2 aromatic heterocycles. The largest absolute Gasteiger partial charge is 0.476 e. The Hall–Kier alpha value is -2.38. The van der Waals surface area contributed by atoms with Crippen molar-refractivity contribution in [3.05, 3.63) is 6.33 Å². The fourth-order valence-electron chi connectivity index (χ4n) is 3.77. The number of ether oxygens (including phenoxy) is 3. The van der Waals surface area contributed by atoms with E-state index >= 15 is 4.39 Å². The average Bonchev–Trinajstić information content (AvgIpc) is 3.29. The van der Waals surface area contributed by atoms with Gasteiger partial charge < -0.3 is 19.9 Å². The Morgan fingerprint density at radius 2 is 2.27 bits per heavy atom. The number of imidazole rings is 1. The molecule has 0 saturated carbocycles. The summed E-state index contributed by atoms with van der Waals surface area (Å²) in [5.74, 6) is -0.568. The lowest BCUT2D eigenvalue weighted by molar-refractivity contribution is -0.142. The second-order valence-corrected chi connectivity index (χ2v) is 9.65. The van der Waals surface area contributed by atoms with E-state index in [-0.39, 0.29) is 24.1 Å². The first-order valence-corrected chi connectivity index (χ1v) is 11.9. The summed E-state index contributed by atoms with van der Waals surface area (Å²) < 4.78 is 57.4. The van der Waals surface area contributed by atoms with E-state index < -0.39 is 43.9 Å². The highest BCUT2D eigenvalue weighted by Gasteiger charge is 2.61. The molecule has 2 aliphatic rings. The number of nitrogen functional groups attached to an aromatic ring is 1. The van der Waals surface area contributed by atoms with Gasteiger partial charge in [-0.25, -0.2) is 19.0 Å². The maximum Gasteiger partial charge on any atom is 0.406 e. The van der Waals surface area contributed by atoms with Gasteiger partial charge in [-0.05, 0) is 20.3 Å². The SMILES string of the molecule is CCCOc1nc(N)nc2c1ncn2[C@@H]1O[C@@H]2CO[P@@](=O)(N[C@@H](C)C(=O)OC)O[C@H]2[C@@]1(C)F. The molecule has 4 heterocycles. The number of anilines is 1. The van der Waals surface area contributed by atoms with Crippen LogP contribution in [0.15, 0.2) is 6.33 Å². The van der Waals surface area contributed by atoms with Crippen molar-refractivity contribution in [3.8, 4) is 5.88 Å². The van der Waals surface area contributed by atoms with Gasteiger partial charge in [-0.15, -0.1) is 0 Å². The van der Waals surface area contributed by atoms with Crippen molar-refractivity contribution in [2.75, 3.05) is 26.1 Å². The summed E-state index contributed by atoms with van der Waals surface area (Å²) in [6.45, 7) is 4.78. The van der Waals surface area contributed by atoms with E-state index in [0.717, 1.165) is 6.42 Å². The topological polar surface area (TPSA) is 162 Å². The number of nitrogens with one attached hydrogen (secondary N) is 1. The van der Waals surface area contributed by atoms with Crippen LogP contribution in [0.2, 0.25) is 0 Å². The van der Waals surface area contributed by atoms with Gasteiger partial charge in [0.25, 0.3) is 0 Å². The highest BCUT2D eigenvalue weighted by Crippen LogP contribution is 2.57. The van der Waals surface area contributed by atoms with E-state index in [1.807, 2.05) is 6.92 Å². The number of rotatable bonds is 7. The van der Waals surface area contributed by atoms with Crippen LogP contribution in [0.4, 0.5) is 10.3 Å². The molecule has 6 atom stereocenters. The molecular formula is C18H26FN6O7P. The maximum atomic E-state index is 16.1. The zero-order valence-corrected chi connectivity index (χ0v) is 19.5. The predicted molar refractivity (Wildman–Crippen MR) is 112 cm³/mol. The number of nitrogens with two attached hydrogens (primary N) is 1. The molecule has 2 aliphatic heterocycles. The molecular weight excluding hydrogens is 462 g/mol. The Bertz CT molecular complexity index is 1100. The lowest BCUT2D eigenvalue weighted by Gasteiger charge is -2.35. The van der Waals surface area contributed by atoms with Crippen LogP contribution in [0.1, 0.15) is 33.4 Å². The molecule has 2 aromatic rings. The summed E-state index contributed by atoms with van der Waals surface area (Å²) >= 11 is 0. The molecule has 0 spiro atoms. The molecule has 2 saturated heterocycles. The molecule has 13 nitrogen and oxygen atoms in total. The summed E-state index contributed by atoms with van der Waals surface area (Å²) in [7, 11) is -2.84. The lowest BCUT2D eigenvalue weighted by Crippen LogP contribution is -2.47.